The molecule has 11 N–H and O–H groups in total. The van der Waals surface area contributed by atoms with Crippen LogP contribution in [-0.4, -0.2) is 96.1 Å². The number of carbonyl (C=O) groups is 6. The summed E-state index contributed by atoms with van der Waals surface area (Å²) in [5, 5.41) is 27.2. The Kier molecular flexibility index (Phi) is 15.4. The van der Waals surface area contributed by atoms with Crippen molar-refractivity contribution in [3.63, 3.8) is 0 Å². The number of amides is 4. The maximum atomic E-state index is 12.2. The minimum absolute atomic E-state index is 0.0253. The molecule has 2 aromatic heterocycles. The van der Waals surface area contributed by atoms with Crippen LogP contribution in [0.5, 0.6) is 0 Å². The zero-order valence-corrected chi connectivity index (χ0v) is 26.5. The molecular formula is C28H36N10O9S. The lowest BCUT2D eigenvalue weighted by Gasteiger charge is -2.19. The van der Waals surface area contributed by atoms with E-state index in [1.54, 1.807) is 37.3 Å². The van der Waals surface area contributed by atoms with Crippen LogP contribution in [0.25, 0.3) is 11.2 Å². The molecular weight excluding hydrogens is 652 g/mol. The SMILES string of the molecule is CC(CCC(=O)NC(CC(=O)NC(CS)C(=O)NCC(=O)O)C(=O)O)NC(=O)c1ccccc1.NCc1cnc2nc(N)[nH]c(=O)c2n1. The van der Waals surface area contributed by atoms with Gasteiger partial charge in [0.05, 0.1) is 18.3 Å². The number of hydrogen-bond donors (Lipinski definition) is 10. The Bertz CT molecular complexity index is 1670. The summed E-state index contributed by atoms with van der Waals surface area (Å²) in [6, 6.07) is 5.39. The van der Waals surface area contributed by atoms with Crippen molar-refractivity contribution in [3.8, 4) is 0 Å². The monoisotopic (exact) mass is 688 g/mol. The second-order valence-electron chi connectivity index (χ2n) is 10.0. The van der Waals surface area contributed by atoms with Crippen LogP contribution in [0.3, 0.4) is 0 Å². The number of aromatic nitrogens is 4. The van der Waals surface area contributed by atoms with E-state index in [0.717, 1.165) is 0 Å². The first kappa shape index (κ1) is 38.6. The van der Waals surface area contributed by atoms with Crippen molar-refractivity contribution in [1.82, 2.24) is 41.2 Å². The number of fused-ring (bicyclic) bond motifs is 1. The molecule has 0 aliphatic heterocycles. The molecule has 0 saturated carbocycles. The molecule has 0 fully saturated rings. The molecule has 48 heavy (non-hydrogen) atoms. The average molecular weight is 689 g/mol. The van der Waals surface area contributed by atoms with Gasteiger partial charge in [-0.05, 0) is 25.5 Å². The Morgan fingerprint density at radius 1 is 0.979 bits per heavy atom. The lowest BCUT2D eigenvalue weighted by atomic mass is 10.1. The number of carboxylic acid groups (broad SMARTS) is 2. The zero-order chi connectivity index (χ0) is 35.8. The molecule has 1 aromatic carbocycles. The van der Waals surface area contributed by atoms with Gasteiger partial charge in [-0.25, -0.2) is 14.8 Å². The predicted octanol–water partition coefficient (Wildman–Crippen LogP) is -2.09. The second-order valence-corrected chi connectivity index (χ2v) is 10.4. The Labute approximate surface area is 278 Å². The summed E-state index contributed by atoms with van der Waals surface area (Å²) in [6.45, 7) is 1.27. The summed E-state index contributed by atoms with van der Waals surface area (Å²) in [7, 11) is 0. The zero-order valence-electron chi connectivity index (χ0n) is 25.6. The fourth-order valence-electron chi connectivity index (χ4n) is 3.77. The van der Waals surface area contributed by atoms with Crippen molar-refractivity contribution in [2.45, 2.75) is 50.9 Å². The van der Waals surface area contributed by atoms with E-state index in [0.29, 0.717) is 11.3 Å². The van der Waals surface area contributed by atoms with E-state index in [4.69, 9.17) is 16.6 Å². The van der Waals surface area contributed by atoms with Crippen LogP contribution in [0.15, 0.2) is 41.3 Å². The molecule has 0 saturated heterocycles. The van der Waals surface area contributed by atoms with Gasteiger partial charge in [0.1, 0.15) is 18.6 Å². The van der Waals surface area contributed by atoms with Gasteiger partial charge in [0.2, 0.25) is 23.7 Å². The van der Waals surface area contributed by atoms with Gasteiger partial charge in [0.15, 0.2) is 11.2 Å². The summed E-state index contributed by atoms with van der Waals surface area (Å²) in [5.74, 6) is -5.45. The highest BCUT2D eigenvalue weighted by Crippen LogP contribution is 2.04. The Hall–Kier alpha value is -5.63. The number of aliphatic carboxylic acids is 2. The number of carbonyl (C=O) groups excluding carboxylic acids is 4. The minimum atomic E-state index is -1.55. The number of aromatic amines is 1. The molecule has 0 aliphatic rings. The Morgan fingerprint density at radius 2 is 1.65 bits per heavy atom. The van der Waals surface area contributed by atoms with Crippen molar-refractivity contribution >= 4 is 65.3 Å². The molecule has 2 heterocycles. The summed E-state index contributed by atoms with van der Waals surface area (Å²) in [6.07, 6.45) is 0.943. The largest absolute Gasteiger partial charge is 0.480 e. The molecule has 19 nitrogen and oxygen atoms in total. The number of benzene rings is 1. The number of rotatable bonds is 15. The third-order valence-electron chi connectivity index (χ3n) is 6.18. The van der Waals surface area contributed by atoms with Crippen LogP contribution >= 0.6 is 12.6 Å². The number of nitrogens with one attached hydrogen (secondary N) is 5. The van der Waals surface area contributed by atoms with Crippen molar-refractivity contribution in [2.75, 3.05) is 18.0 Å². The van der Waals surface area contributed by atoms with Crippen LogP contribution < -0.4 is 38.3 Å². The van der Waals surface area contributed by atoms with Crippen molar-refractivity contribution in [2.24, 2.45) is 5.73 Å². The van der Waals surface area contributed by atoms with Crippen molar-refractivity contribution < 1.29 is 39.0 Å². The van der Waals surface area contributed by atoms with E-state index in [9.17, 15) is 38.7 Å². The van der Waals surface area contributed by atoms with E-state index in [-0.39, 0.29) is 54.2 Å². The maximum absolute atomic E-state index is 12.2. The molecule has 3 aromatic rings. The van der Waals surface area contributed by atoms with Gasteiger partial charge in [-0.2, -0.15) is 17.6 Å². The Morgan fingerprint density at radius 3 is 2.25 bits per heavy atom. The number of hydrogen-bond acceptors (Lipinski definition) is 13. The van der Waals surface area contributed by atoms with Crippen LogP contribution in [0.1, 0.15) is 42.2 Å². The van der Waals surface area contributed by atoms with Gasteiger partial charge >= 0.3 is 11.9 Å². The van der Waals surface area contributed by atoms with Gasteiger partial charge < -0.3 is 42.9 Å². The summed E-state index contributed by atoms with van der Waals surface area (Å²) >= 11 is 3.92. The van der Waals surface area contributed by atoms with Gasteiger partial charge in [0, 0.05) is 30.3 Å². The number of anilines is 1. The van der Waals surface area contributed by atoms with Crippen LogP contribution in [0, 0.1) is 0 Å². The first-order valence-electron chi connectivity index (χ1n) is 14.2. The molecule has 3 atom stereocenters. The highest BCUT2D eigenvalue weighted by Gasteiger charge is 2.26. The molecule has 0 spiro atoms. The lowest BCUT2D eigenvalue weighted by Crippen LogP contribution is -2.51. The van der Waals surface area contributed by atoms with Gasteiger partial charge in [-0.1, -0.05) is 18.2 Å². The number of nitrogens with two attached hydrogens (primary N) is 2. The molecule has 3 rings (SSSR count). The molecule has 0 radical (unpaired) electrons. The van der Waals surface area contributed by atoms with E-state index in [1.165, 1.54) is 6.20 Å². The molecule has 4 amide bonds. The average Bonchev–Trinajstić information content (AvgIpc) is 3.05. The second kappa shape index (κ2) is 19.1. The fourth-order valence-corrected chi connectivity index (χ4v) is 4.03. The van der Waals surface area contributed by atoms with E-state index in [1.807, 2.05) is 0 Å². The van der Waals surface area contributed by atoms with E-state index < -0.39 is 60.3 Å². The van der Waals surface area contributed by atoms with Crippen molar-refractivity contribution in [3.05, 3.63) is 58.1 Å². The Balaban J connectivity index is 0.000000469. The highest BCUT2D eigenvalue weighted by molar-refractivity contribution is 7.80. The standard InChI is InChI=1S/C21H28N4O8S.C7H8N6O/c1-12(23-19(30)13-5-3-2-4-6-13)7-8-16(26)24-14(21(32)33)9-17(27)25-15(11-34)20(31)22-10-18(28)29;8-1-3-2-10-5-4(11-3)6(14)13-7(9)12-5/h2-6,12,14-15,34H,7-11H2,1H3,(H,22,31)(H,23,30)(H,24,26)(H,25,27)(H,28,29)(H,32,33);2H,1,8H2,(H3,9,10,12,13,14). The first-order chi connectivity index (χ1) is 22.7. The van der Waals surface area contributed by atoms with Crippen LogP contribution in [0.4, 0.5) is 5.95 Å². The quantitative estimate of drug-likeness (QED) is 0.0766. The highest BCUT2D eigenvalue weighted by atomic mass is 32.1. The topological polar surface area (TPSA) is 315 Å². The molecule has 3 unspecified atom stereocenters. The fraction of sp³-hybridized carbons (Fsp3) is 0.357. The summed E-state index contributed by atoms with van der Waals surface area (Å²) in [4.78, 5) is 95.8. The van der Waals surface area contributed by atoms with Gasteiger partial charge in [0.25, 0.3) is 11.5 Å². The number of nitrogen functional groups attached to an aromatic ring is 1. The normalized spacial score (nSPS) is 12.3. The number of H-pyrrole nitrogens is 1. The van der Waals surface area contributed by atoms with Crippen LogP contribution in [-0.2, 0) is 30.5 Å². The number of thiol groups is 1. The third kappa shape index (κ3) is 13.0. The first-order valence-corrected chi connectivity index (χ1v) is 14.9. The lowest BCUT2D eigenvalue weighted by molar-refractivity contribution is -0.143. The molecule has 0 aliphatic carbocycles. The van der Waals surface area contributed by atoms with E-state index >= 15 is 0 Å². The van der Waals surface area contributed by atoms with Gasteiger partial charge in [-0.15, -0.1) is 0 Å². The predicted molar refractivity (Wildman–Crippen MR) is 173 cm³/mol. The van der Waals surface area contributed by atoms with Crippen LogP contribution in [0.2, 0.25) is 0 Å². The third-order valence-corrected chi connectivity index (χ3v) is 6.55. The van der Waals surface area contributed by atoms with Gasteiger partial charge in [-0.3, -0.25) is 33.8 Å². The molecule has 258 valence electrons. The number of carboxylic acids is 2. The smallest absolute Gasteiger partial charge is 0.326 e. The van der Waals surface area contributed by atoms with Crippen molar-refractivity contribution in [1.29, 1.82) is 0 Å². The summed E-state index contributed by atoms with van der Waals surface area (Å²) in [5.41, 5.74) is 11.7. The maximum Gasteiger partial charge on any atom is 0.326 e. The number of nitrogens with zero attached hydrogens (tertiary/aromatic N) is 3. The molecule has 0 bridgehead atoms. The summed E-state index contributed by atoms with van der Waals surface area (Å²) < 4.78 is 0. The molecule has 20 heteroatoms. The minimum Gasteiger partial charge on any atom is -0.480 e. The van der Waals surface area contributed by atoms with E-state index in [2.05, 4.69) is 53.8 Å².